The molecule has 0 atom stereocenters. The minimum atomic E-state index is -0.0379. The zero-order chi connectivity index (χ0) is 16.2. The Morgan fingerprint density at radius 1 is 1.38 bits per heavy atom. The first kappa shape index (κ1) is 19.6. The van der Waals surface area contributed by atoms with E-state index < -0.39 is 0 Å². The molecule has 0 aromatic carbocycles. The number of nitrogens with one attached hydrogen (secondary N) is 2. The van der Waals surface area contributed by atoms with Crippen LogP contribution in [0.5, 0.6) is 0 Å². The van der Waals surface area contributed by atoms with Crippen LogP contribution in [0.25, 0.3) is 9.88 Å². The van der Waals surface area contributed by atoms with E-state index in [4.69, 9.17) is 11.6 Å². The number of carbonyl (C=O) groups is 1. The SMILES string of the molecule is Cc1nc(-c2ccc(Cl)s2)sc1C(=O)NCCN1CCNCC1.Cl. The predicted octanol–water partition coefficient (Wildman–Crippen LogP) is 2.89. The van der Waals surface area contributed by atoms with Crippen molar-refractivity contribution in [1.29, 1.82) is 0 Å². The van der Waals surface area contributed by atoms with Crippen LogP contribution in [-0.2, 0) is 0 Å². The molecule has 5 nitrogen and oxygen atoms in total. The number of thiophene rings is 1. The molecule has 3 rings (SSSR count). The van der Waals surface area contributed by atoms with Gasteiger partial charge in [-0.2, -0.15) is 0 Å². The summed E-state index contributed by atoms with van der Waals surface area (Å²) in [5.41, 5.74) is 0.772. The lowest BCUT2D eigenvalue weighted by Gasteiger charge is -2.27. The number of aromatic nitrogens is 1. The Kier molecular flexibility index (Phi) is 7.46. The number of nitrogens with zero attached hydrogens (tertiary/aromatic N) is 2. The van der Waals surface area contributed by atoms with Gasteiger partial charge in [-0.3, -0.25) is 9.69 Å². The Bertz CT molecular complexity index is 683. The van der Waals surface area contributed by atoms with Crippen LogP contribution in [0.3, 0.4) is 0 Å². The summed E-state index contributed by atoms with van der Waals surface area (Å²) >= 11 is 8.87. The Labute approximate surface area is 160 Å². The number of hydrogen-bond acceptors (Lipinski definition) is 6. The van der Waals surface area contributed by atoms with Gasteiger partial charge in [0.15, 0.2) is 0 Å². The molecule has 0 aliphatic carbocycles. The molecule has 24 heavy (non-hydrogen) atoms. The summed E-state index contributed by atoms with van der Waals surface area (Å²) in [6.45, 7) is 7.55. The smallest absolute Gasteiger partial charge is 0.263 e. The van der Waals surface area contributed by atoms with Crippen LogP contribution < -0.4 is 10.6 Å². The van der Waals surface area contributed by atoms with Gasteiger partial charge in [0.25, 0.3) is 5.91 Å². The third-order valence-electron chi connectivity index (χ3n) is 3.71. The highest BCUT2D eigenvalue weighted by atomic mass is 35.5. The lowest BCUT2D eigenvalue weighted by Crippen LogP contribution is -2.46. The van der Waals surface area contributed by atoms with Gasteiger partial charge in [0.2, 0.25) is 0 Å². The average Bonchev–Trinajstić information content (AvgIpc) is 3.14. The van der Waals surface area contributed by atoms with Crippen LogP contribution in [0.15, 0.2) is 12.1 Å². The molecule has 3 heterocycles. The summed E-state index contributed by atoms with van der Waals surface area (Å²) in [6, 6.07) is 3.79. The molecule has 1 fully saturated rings. The first-order valence-electron chi connectivity index (χ1n) is 7.58. The van der Waals surface area contributed by atoms with Gasteiger partial charge in [-0.25, -0.2) is 4.98 Å². The third kappa shape index (κ3) is 4.91. The number of piperazine rings is 1. The molecular weight excluding hydrogens is 387 g/mol. The number of amides is 1. The minimum Gasteiger partial charge on any atom is -0.350 e. The van der Waals surface area contributed by atoms with Crippen LogP contribution in [0.2, 0.25) is 4.34 Å². The Morgan fingerprint density at radius 3 is 2.79 bits per heavy atom. The first-order chi connectivity index (χ1) is 11.1. The fraction of sp³-hybridized carbons (Fsp3) is 0.467. The van der Waals surface area contributed by atoms with E-state index in [-0.39, 0.29) is 18.3 Å². The van der Waals surface area contributed by atoms with Crippen molar-refractivity contribution in [1.82, 2.24) is 20.5 Å². The molecular formula is C15H20Cl2N4OS2. The summed E-state index contributed by atoms with van der Waals surface area (Å²) in [7, 11) is 0. The summed E-state index contributed by atoms with van der Waals surface area (Å²) in [6.07, 6.45) is 0. The second kappa shape index (κ2) is 9.12. The normalized spacial score (nSPS) is 15.1. The quantitative estimate of drug-likeness (QED) is 0.801. The third-order valence-corrected chi connectivity index (χ3v) is 6.27. The molecule has 2 aromatic rings. The molecule has 1 amide bonds. The van der Waals surface area contributed by atoms with Gasteiger partial charge in [0.05, 0.1) is 14.9 Å². The van der Waals surface area contributed by atoms with E-state index in [2.05, 4.69) is 20.5 Å². The molecule has 9 heteroatoms. The molecule has 0 unspecified atom stereocenters. The molecule has 1 aliphatic rings. The van der Waals surface area contributed by atoms with Crippen LogP contribution in [0.4, 0.5) is 0 Å². The molecule has 0 spiro atoms. The van der Waals surface area contributed by atoms with Crippen molar-refractivity contribution in [2.75, 3.05) is 39.3 Å². The van der Waals surface area contributed by atoms with Crippen LogP contribution in [-0.4, -0.2) is 55.1 Å². The number of thiazole rings is 1. The molecule has 1 aliphatic heterocycles. The summed E-state index contributed by atoms with van der Waals surface area (Å²) in [5, 5.41) is 7.18. The fourth-order valence-electron chi connectivity index (χ4n) is 2.48. The van der Waals surface area contributed by atoms with Crippen molar-refractivity contribution in [2.45, 2.75) is 6.92 Å². The summed E-state index contributed by atoms with van der Waals surface area (Å²) in [4.78, 5) is 20.9. The maximum atomic E-state index is 12.4. The number of carbonyl (C=O) groups excluding carboxylic acids is 1. The number of aryl methyl sites for hydroxylation is 1. The zero-order valence-corrected chi connectivity index (χ0v) is 16.5. The number of rotatable bonds is 5. The van der Waals surface area contributed by atoms with Gasteiger partial charge in [-0.1, -0.05) is 11.6 Å². The van der Waals surface area contributed by atoms with Gasteiger partial charge >= 0.3 is 0 Å². The maximum absolute atomic E-state index is 12.4. The zero-order valence-electron chi connectivity index (χ0n) is 13.3. The van der Waals surface area contributed by atoms with Gasteiger partial charge < -0.3 is 10.6 Å². The lowest BCUT2D eigenvalue weighted by molar-refractivity contribution is 0.0950. The standard InChI is InChI=1S/C15H19ClN4OS2.ClH/c1-10-13(23-15(19-10)11-2-3-12(16)22-11)14(21)18-6-9-20-7-4-17-5-8-20;/h2-3,17H,4-9H2,1H3,(H,18,21);1H. The molecule has 0 saturated carbocycles. The van der Waals surface area contributed by atoms with Gasteiger partial charge in [-0.15, -0.1) is 35.1 Å². The summed E-state index contributed by atoms with van der Waals surface area (Å²) in [5.74, 6) is -0.0379. The van der Waals surface area contributed by atoms with Crippen LogP contribution in [0, 0.1) is 6.92 Å². The predicted molar refractivity (Wildman–Crippen MR) is 104 cm³/mol. The highest BCUT2D eigenvalue weighted by Gasteiger charge is 2.17. The van der Waals surface area contributed by atoms with Crippen molar-refractivity contribution in [2.24, 2.45) is 0 Å². The monoisotopic (exact) mass is 406 g/mol. The summed E-state index contributed by atoms with van der Waals surface area (Å²) < 4.78 is 0.731. The van der Waals surface area contributed by atoms with E-state index in [1.165, 1.54) is 22.7 Å². The Balaban J connectivity index is 0.00000208. The second-order valence-electron chi connectivity index (χ2n) is 5.38. The van der Waals surface area contributed by atoms with Crippen LogP contribution in [0.1, 0.15) is 15.4 Å². The molecule has 2 N–H and O–H groups in total. The van der Waals surface area contributed by atoms with Gasteiger partial charge in [-0.05, 0) is 19.1 Å². The van der Waals surface area contributed by atoms with E-state index in [0.717, 1.165) is 52.6 Å². The highest BCUT2D eigenvalue weighted by Crippen LogP contribution is 2.34. The van der Waals surface area contributed by atoms with Crippen molar-refractivity contribution in [3.8, 4) is 9.88 Å². The van der Waals surface area contributed by atoms with Crippen LogP contribution >= 0.6 is 46.7 Å². The highest BCUT2D eigenvalue weighted by molar-refractivity contribution is 7.24. The molecule has 132 valence electrons. The average molecular weight is 407 g/mol. The fourth-order valence-corrected chi connectivity index (χ4v) is 4.56. The second-order valence-corrected chi connectivity index (χ2v) is 8.10. The lowest BCUT2D eigenvalue weighted by atomic mass is 10.3. The van der Waals surface area contributed by atoms with Crippen molar-refractivity contribution in [3.05, 3.63) is 27.0 Å². The van der Waals surface area contributed by atoms with Gasteiger partial charge in [0.1, 0.15) is 9.88 Å². The van der Waals surface area contributed by atoms with Crippen molar-refractivity contribution < 1.29 is 4.79 Å². The number of hydrogen-bond donors (Lipinski definition) is 2. The van der Waals surface area contributed by atoms with Gasteiger partial charge in [0, 0.05) is 39.3 Å². The van der Waals surface area contributed by atoms with E-state index >= 15 is 0 Å². The number of halogens is 2. The molecule has 1 saturated heterocycles. The largest absolute Gasteiger partial charge is 0.350 e. The van der Waals surface area contributed by atoms with Crippen molar-refractivity contribution in [3.63, 3.8) is 0 Å². The molecule has 0 radical (unpaired) electrons. The topological polar surface area (TPSA) is 57.3 Å². The van der Waals surface area contributed by atoms with E-state index in [1.54, 1.807) is 0 Å². The van der Waals surface area contributed by atoms with E-state index in [0.29, 0.717) is 11.4 Å². The first-order valence-corrected chi connectivity index (χ1v) is 9.59. The molecule has 0 bridgehead atoms. The Morgan fingerprint density at radius 2 is 2.12 bits per heavy atom. The van der Waals surface area contributed by atoms with E-state index in [1.807, 2.05) is 19.1 Å². The van der Waals surface area contributed by atoms with E-state index in [9.17, 15) is 4.79 Å². The Hall–Kier alpha value is -0.700. The molecule has 2 aromatic heterocycles. The minimum absolute atomic E-state index is 0. The van der Waals surface area contributed by atoms with Crippen molar-refractivity contribution >= 4 is 52.6 Å². The maximum Gasteiger partial charge on any atom is 0.263 e.